The maximum atomic E-state index is 11.9. The Morgan fingerprint density at radius 3 is 2.52 bits per heavy atom. The highest BCUT2D eigenvalue weighted by molar-refractivity contribution is 5.89. The smallest absolute Gasteiger partial charge is 0.347 e. The highest BCUT2D eigenvalue weighted by atomic mass is 16.5. The quantitative estimate of drug-likeness (QED) is 0.871. The van der Waals surface area contributed by atoms with E-state index in [-0.39, 0.29) is 17.2 Å². The fourth-order valence-electron chi connectivity index (χ4n) is 1.78. The van der Waals surface area contributed by atoms with Crippen LogP contribution in [-0.4, -0.2) is 25.4 Å². The lowest BCUT2D eigenvalue weighted by Crippen LogP contribution is -2.38. The average molecular weight is 291 g/mol. The number of hydrogen-bond donors (Lipinski definition) is 1. The number of aryl methyl sites for hydroxylation is 2. The van der Waals surface area contributed by atoms with Gasteiger partial charge in [0.2, 0.25) is 0 Å². The molecule has 2 aromatic rings. The number of aromatic carboxylic acids is 1. The summed E-state index contributed by atoms with van der Waals surface area (Å²) in [6.45, 7) is 1.61. The summed E-state index contributed by atoms with van der Waals surface area (Å²) in [5.74, 6) is -1.04. The van der Waals surface area contributed by atoms with Crippen molar-refractivity contribution in [3.05, 3.63) is 50.2 Å². The number of carboxylic acids is 1. The molecule has 8 heteroatoms. The molecule has 0 saturated heterocycles. The number of ether oxygens (including phenoxy) is 1. The van der Waals surface area contributed by atoms with Gasteiger partial charge >= 0.3 is 23.1 Å². The zero-order chi connectivity index (χ0) is 15.7. The van der Waals surface area contributed by atoms with E-state index >= 15 is 0 Å². The topological polar surface area (TPSA) is 103 Å². The largest absolute Gasteiger partial charge is 0.478 e. The fraction of sp³-hybridized carbons (Fsp3) is 0.231. The first-order chi connectivity index (χ1) is 9.81. The summed E-state index contributed by atoms with van der Waals surface area (Å²) < 4.78 is 7.20. The SMILES string of the molecule is Cc1cc(Oc2nn(C)c(=O)n(C)c2=O)ccc1C(=O)O. The standard InChI is InChI=1S/C13H13N3O5/c1-7-6-8(4-5-9(7)12(18)19)21-10-11(17)15(2)13(20)16(3)14-10/h4-6H,1-3H3,(H,18,19). The van der Waals surface area contributed by atoms with Gasteiger partial charge in [-0.15, -0.1) is 5.10 Å². The Morgan fingerprint density at radius 2 is 1.95 bits per heavy atom. The third kappa shape index (κ3) is 2.69. The molecule has 1 aromatic heterocycles. The highest BCUT2D eigenvalue weighted by Gasteiger charge is 2.13. The number of carboxylic acid groups (broad SMARTS) is 1. The third-order valence-corrected chi connectivity index (χ3v) is 2.93. The average Bonchev–Trinajstić information content (AvgIpc) is 2.42. The number of benzene rings is 1. The van der Waals surface area contributed by atoms with Crippen molar-refractivity contribution in [2.24, 2.45) is 14.1 Å². The number of hydrogen-bond acceptors (Lipinski definition) is 5. The molecule has 0 aliphatic rings. The molecule has 0 amide bonds. The van der Waals surface area contributed by atoms with Crippen LogP contribution >= 0.6 is 0 Å². The Hall–Kier alpha value is -2.90. The van der Waals surface area contributed by atoms with Gasteiger partial charge in [-0.1, -0.05) is 0 Å². The van der Waals surface area contributed by atoms with E-state index in [9.17, 15) is 14.4 Å². The molecule has 1 heterocycles. The number of nitrogens with zero attached hydrogens (tertiary/aromatic N) is 3. The van der Waals surface area contributed by atoms with Crippen molar-refractivity contribution in [3.63, 3.8) is 0 Å². The third-order valence-electron chi connectivity index (χ3n) is 2.93. The van der Waals surface area contributed by atoms with Gasteiger partial charge in [0.15, 0.2) is 0 Å². The van der Waals surface area contributed by atoms with Gasteiger partial charge in [0.1, 0.15) is 5.75 Å². The van der Waals surface area contributed by atoms with Crippen LogP contribution in [0.25, 0.3) is 0 Å². The highest BCUT2D eigenvalue weighted by Crippen LogP contribution is 2.20. The van der Waals surface area contributed by atoms with Gasteiger partial charge in [0.05, 0.1) is 5.56 Å². The van der Waals surface area contributed by atoms with Gasteiger partial charge in [-0.2, -0.15) is 0 Å². The summed E-state index contributed by atoms with van der Waals surface area (Å²) in [6, 6.07) is 4.28. The van der Waals surface area contributed by atoms with E-state index in [4.69, 9.17) is 9.84 Å². The maximum absolute atomic E-state index is 11.9. The molecule has 21 heavy (non-hydrogen) atoms. The van der Waals surface area contributed by atoms with Crippen LogP contribution in [0.1, 0.15) is 15.9 Å². The van der Waals surface area contributed by atoms with E-state index in [1.165, 1.54) is 32.3 Å². The maximum Gasteiger partial charge on any atom is 0.347 e. The van der Waals surface area contributed by atoms with Crippen molar-refractivity contribution < 1.29 is 14.6 Å². The summed E-state index contributed by atoms with van der Waals surface area (Å²) in [5.41, 5.74) is -0.604. The molecule has 0 saturated carbocycles. The molecule has 1 aromatic carbocycles. The monoisotopic (exact) mass is 291 g/mol. The first-order valence-electron chi connectivity index (χ1n) is 5.97. The van der Waals surface area contributed by atoms with Gasteiger partial charge in [-0.05, 0) is 30.7 Å². The van der Waals surface area contributed by atoms with E-state index in [1.807, 2.05) is 0 Å². The number of carbonyl (C=O) groups is 1. The van der Waals surface area contributed by atoms with Gasteiger partial charge in [0, 0.05) is 14.1 Å². The molecule has 0 bridgehead atoms. The molecule has 1 N–H and O–H groups in total. The summed E-state index contributed by atoms with van der Waals surface area (Å²) in [6.07, 6.45) is 0. The molecular formula is C13H13N3O5. The van der Waals surface area contributed by atoms with Gasteiger partial charge in [-0.3, -0.25) is 9.36 Å². The number of aromatic nitrogens is 3. The summed E-state index contributed by atoms with van der Waals surface area (Å²) in [7, 11) is 2.71. The molecule has 0 aliphatic heterocycles. The Balaban J connectivity index is 2.44. The molecule has 0 atom stereocenters. The molecule has 0 fully saturated rings. The minimum atomic E-state index is -1.05. The van der Waals surface area contributed by atoms with E-state index < -0.39 is 17.2 Å². The minimum Gasteiger partial charge on any atom is -0.478 e. The zero-order valence-electron chi connectivity index (χ0n) is 11.7. The van der Waals surface area contributed by atoms with Gasteiger partial charge in [-0.25, -0.2) is 14.3 Å². The Morgan fingerprint density at radius 1 is 1.29 bits per heavy atom. The van der Waals surface area contributed by atoms with E-state index in [0.29, 0.717) is 5.56 Å². The molecule has 0 radical (unpaired) electrons. The molecular weight excluding hydrogens is 278 g/mol. The lowest BCUT2D eigenvalue weighted by Gasteiger charge is -2.08. The van der Waals surface area contributed by atoms with E-state index in [1.54, 1.807) is 6.92 Å². The first kappa shape index (κ1) is 14.5. The van der Waals surface area contributed by atoms with E-state index in [0.717, 1.165) is 9.25 Å². The first-order valence-corrected chi connectivity index (χ1v) is 5.97. The van der Waals surface area contributed by atoms with Crippen molar-refractivity contribution in [2.45, 2.75) is 6.92 Å². The summed E-state index contributed by atoms with van der Waals surface area (Å²) in [4.78, 5) is 34.3. The molecule has 0 spiro atoms. The second-order valence-corrected chi connectivity index (χ2v) is 4.46. The fourth-order valence-corrected chi connectivity index (χ4v) is 1.78. The Kier molecular flexibility index (Phi) is 3.62. The molecule has 2 rings (SSSR count). The van der Waals surface area contributed by atoms with Crippen LogP contribution < -0.4 is 16.0 Å². The lowest BCUT2D eigenvalue weighted by molar-refractivity contribution is 0.0696. The Bertz CT molecular complexity index is 835. The molecule has 8 nitrogen and oxygen atoms in total. The van der Waals surface area contributed by atoms with Crippen molar-refractivity contribution in [1.82, 2.24) is 14.3 Å². The molecule has 0 aliphatic carbocycles. The van der Waals surface area contributed by atoms with Crippen LogP contribution in [0.5, 0.6) is 11.6 Å². The second-order valence-electron chi connectivity index (χ2n) is 4.46. The van der Waals surface area contributed by atoms with Crippen LogP contribution in [-0.2, 0) is 14.1 Å². The minimum absolute atomic E-state index is 0.142. The van der Waals surface area contributed by atoms with Crippen LogP contribution in [0.15, 0.2) is 27.8 Å². The second kappa shape index (κ2) is 5.23. The van der Waals surface area contributed by atoms with Crippen molar-refractivity contribution >= 4 is 5.97 Å². The normalized spacial score (nSPS) is 10.4. The van der Waals surface area contributed by atoms with Gasteiger partial charge in [0.25, 0.3) is 0 Å². The van der Waals surface area contributed by atoms with Crippen molar-refractivity contribution in [1.29, 1.82) is 0 Å². The lowest BCUT2D eigenvalue weighted by atomic mass is 10.1. The van der Waals surface area contributed by atoms with Crippen molar-refractivity contribution in [3.8, 4) is 11.6 Å². The van der Waals surface area contributed by atoms with Crippen LogP contribution in [0, 0.1) is 6.92 Å². The number of rotatable bonds is 3. The predicted octanol–water partition coefficient (Wildman–Crippen LogP) is 0.278. The van der Waals surface area contributed by atoms with Gasteiger partial charge < -0.3 is 9.84 Å². The summed E-state index contributed by atoms with van der Waals surface area (Å²) >= 11 is 0. The zero-order valence-corrected chi connectivity index (χ0v) is 11.7. The van der Waals surface area contributed by atoms with Crippen molar-refractivity contribution in [2.75, 3.05) is 0 Å². The van der Waals surface area contributed by atoms with Crippen LogP contribution in [0.3, 0.4) is 0 Å². The molecule has 110 valence electrons. The predicted molar refractivity (Wildman–Crippen MR) is 72.9 cm³/mol. The van der Waals surface area contributed by atoms with Crippen LogP contribution in [0.2, 0.25) is 0 Å². The van der Waals surface area contributed by atoms with E-state index in [2.05, 4.69) is 5.10 Å². The van der Waals surface area contributed by atoms with Crippen LogP contribution in [0.4, 0.5) is 0 Å². The molecule has 0 unspecified atom stereocenters. The Labute approximate surface area is 118 Å². The summed E-state index contributed by atoms with van der Waals surface area (Å²) in [5, 5.41) is 12.7.